The highest BCUT2D eigenvalue weighted by atomic mass is 14.4. The first-order valence-electron chi connectivity index (χ1n) is 10.2. The molecule has 0 aromatic heterocycles. The number of hydrogen-bond donors (Lipinski definition) is 0. The third-order valence-electron chi connectivity index (χ3n) is 6.66. The van der Waals surface area contributed by atoms with E-state index < -0.39 is 0 Å². The van der Waals surface area contributed by atoms with E-state index in [2.05, 4.69) is 77.1 Å². The molecule has 1 aromatic carbocycles. The summed E-state index contributed by atoms with van der Waals surface area (Å²) in [5.74, 6) is 0. The molecule has 0 amide bonds. The Labute approximate surface area is 158 Å². The van der Waals surface area contributed by atoms with E-state index in [1.807, 2.05) is 0 Å². The van der Waals surface area contributed by atoms with Crippen molar-refractivity contribution < 1.29 is 0 Å². The maximum Gasteiger partial charge on any atom is 0.0143 e. The average Bonchev–Trinajstić information content (AvgIpc) is 3.27. The van der Waals surface area contributed by atoms with Crippen LogP contribution in [-0.2, 0) is 6.42 Å². The summed E-state index contributed by atoms with van der Waals surface area (Å²) in [7, 11) is 0. The summed E-state index contributed by atoms with van der Waals surface area (Å²) in [5.41, 5.74) is 10.6. The Morgan fingerprint density at radius 2 is 1.81 bits per heavy atom. The fraction of sp³-hybridized carbons (Fsp3) is 0.385. The zero-order valence-electron chi connectivity index (χ0n) is 16.9. The molecule has 0 heterocycles. The third-order valence-corrected chi connectivity index (χ3v) is 6.66. The SMILES string of the molecule is CCC1=CC2=c3c(CC)cc(C)cc3=CC2=C(C2=CC=CC2)C1(C)CC. The van der Waals surface area contributed by atoms with Crippen LogP contribution in [0.5, 0.6) is 0 Å². The molecule has 0 saturated carbocycles. The van der Waals surface area contributed by atoms with E-state index in [1.54, 1.807) is 11.1 Å². The highest BCUT2D eigenvalue weighted by molar-refractivity contribution is 5.93. The maximum atomic E-state index is 2.53. The van der Waals surface area contributed by atoms with Crippen LogP contribution >= 0.6 is 0 Å². The number of benzene rings is 1. The van der Waals surface area contributed by atoms with E-state index in [-0.39, 0.29) is 5.41 Å². The quantitative estimate of drug-likeness (QED) is 0.682. The van der Waals surface area contributed by atoms with E-state index in [0.717, 1.165) is 25.7 Å². The molecular formula is C26H30. The summed E-state index contributed by atoms with van der Waals surface area (Å²) in [6.45, 7) is 11.6. The predicted molar refractivity (Wildman–Crippen MR) is 113 cm³/mol. The molecule has 0 N–H and O–H groups in total. The summed E-state index contributed by atoms with van der Waals surface area (Å²) in [6, 6.07) is 4.75. The van der Waals surface area contributed by atoms with Gasteiger partial charge in [-0.2, -0.15) is 0 Å². The lowest BCUT2D eigenvalue weighted by Crippen LogP contribution is -2.30. The van der Waals surface area contributed by atoms with Gasteiger partial charge in [-0.15, -0.1) is 0 Å². The van der Waals surface area contributed by atoms with Gasteiger partial charge in [0, 0.05) is 5.41 Å². The summed E-state index contributed by atoms with van der Waals surface area (Å²) in [6.07, 6.45) is 16.3. The Morgan fingerprint density at radius 1 is 1.00 bits per heavy atom. The van der Waals surface area contributed by atoms with Crippen LogP contribution in [0.25, 0.3) is 11.6 Å². The first kappa shape index (κ1) is 17.3. The van der Waals surface area contributed by atoms with Crippen LogP contribution in [0.2, 0.25) is 0 Å². The standard InChI is InChI=1S/C26H30/c1-6-18-13-17(4)14-20-15-23-22(24(18)20)16-21(7-2)26(5,8-3)25(23)19-11-9-10-12-19/h9-11,13-16H,6-8,12H2,1-5H3. The van der Waals surface area contributed by atoms with Crippen molar-refractivity contribution in [3.8, 4) is 0 Å². The summed E-state index contributed by atoms with van der Waals surface area (Å²) >= 11 is 0. The second kappa shape index (κ2) is 6.27. The number of aryl methyl sites for hydroxylation is 2. The minimum Gasteiger partial charge on any atom is -0.0801 e. The topological polar surface area (TPSA) is 0 Å². The molecule has 0 nitrogen and oxygen atoms in total. The van der Waals surface area contributed by atoms with Crippen molar-refractivity contribution >= 4 is 11.6 Å². The first-order valence-corrected chi connectivity index (χ1v) is 10.2. The molecule has 3 aliphatic rings. The molecule has 0 heteroatoms. The van der Waals surface area contributed by atoms with E-state index in [4.69, 9.17) is 0 Å². The van der Waals surface area contributed by atoms with E-state index >= 15 is 0 Å². The molecule has 1 unspecified atom stereocenters. The molecule has 3 aliphatic carbocycles. The van der Waals surface area contributed by atoms with Gasteiger partial charge in [0.05, 0.1) is 0 Å². The van der Waals surface area contributed by atoms with Crippen LogP contribution in [0.3, 0.4) is 0 Å². The van der Waals surface area contributed by atoms with Crippen LogP contribution < -0.4 is 10.4 Å². The lowest BCUT2D eigenvalue weighted by atomic mass is 9.64. The Hall–Kier alpha value is -2.08. The normalized spacial score (nSPS) is 23.7. The van der Waals surface area contributed by atoms with Gasteiger partial charge in [0.1, 0.15) is 0 Å². The second-order valence-electron chi connectivity index (χ2n) is 8.12. The molecule has 0 spiro atoms. The highest BCUT2D eigenvalue weighted by Crippen LogP contribution is 2.52. The minimum atomic E-state index is 0.144. The fourth-order valence-electron chi connectivity index (χ4n) is 5.18. The summed E-state index contributed by atoms with van der Waals surface area (Å²) in [4.78, 5) is 0. The number of rotatable bonds is 4. The Balaban J connectivity index is 2.13. The van der Waals surface area contributed by atoms with Crippen LogP contribution in [0.4, 0.5) is 0 Å². The van der Waals surface area contributed by atoms with Gasteiger partial charge >= 0.3 is 0 Å². The van der Waals surface area contributed by atoms with Gasteiger partial charge in [-0.3, -0.25) is 0 Å². The van der Waals surface area contributed by atoms with E-state index in [1.165, 1.54) is 38.3 Å². The molecule has 0 fully saturated rings. The van der Waals surface area contributed by atoms with Gasteiger partial charge in [0.25, 0.3) is 0 Å². The van der Waals surface area contributed by atoms with Crippen molar-refractivity contribution in [1.29, 1.82) is 0 Å². The zero-order chi connectivity index (χ0) is 18.5. The molecule has 0 aliphatic heterocycles. The Kier molecular flexibility index (Phi) is 4.18. The lowest BCUT2D eigenvalue weighted by Gasteiger charge is -2.40. The maximum absolute atomic E-state index is 2.53. The minimum absolute atomic E-state index is 0.144. The summed E-state index contributed by atoms with van der Waals surface area (Å²) in [5, 5.41) is 2.91. The van der Waals surface area contributed by atoms with Gasteiger partial charge in [0.15, 0.2) is 0 Å². The van der Waals surface area contributed by atoms with Crippen molar-refractivity contribution in [2.24, 2.45) is 5.41 Å². The zero-order valence-corrected chi connectivity index (χ0v) is 16.9. The molecule has 1 atom stereocenters. The van der Waals surface area contributed by atoms with E-state index in [9.17, 15) is 0 Å². The molecular weight excluding hydrogens is 312 g/mol. The van der Waals surface area contributed by atoms with Crippen molar-refractivity contribution in [1.82, 2.24) is 0 Å². The molecule has 0 radical (unpaired) electrons. The van der Waals surface area contributed by atoms with Gasteiger partial charge in [-0.05, 0) is 77.0 Å². The van der Waals surface area contributed by atoms with E-state index in [0.29, 0.717) is 0 Å². The highest BCUT2D eigenvalue weighted by Gasteiger charge is 2.38. The second-order valence-corrected chi connectivity index (χ2v) is 8.12. The lowest BCUT2D eigenvalue weighted by molar-refractivity contribution is 0.448. The average molecular weight is 343 g/mol. The molecule has 0 saturated heterocycles. The Morgan fingerprint density at radius 3 is 2.42 bits per heavy atom. The van der Waals surface area contributed by atoms with Crippen LogP contribution in [0.15, 0.2) is 58.7 Å². The van der Waals surface area contributed by atoms with Crippen LogP contribution in [0, 0.1) is 12.3 Å². The molecule has 0 bridgehead atoms. The first-order chi connectivity index (χ1) is 12.5. The number of allylic oxidation sites excluding steroid dienone is 8. The smallest absolute Gasteiger partial charge is 0.0143 e. The van der Waals surface area contributed by atoms with Crippen LogP contribution in [-0.4, -0.2) is 0 Å². The van der Waals surface area contributed by atoms with Crippen molar-refractivity contribution in [2.75, 3.05) is 0 Å². The number of fused-ring (bicyclic) bond motifs is 2. The Bertz CT molecular complexity index is 1020. The third kappa shape index (κ3) is 2.35. The largest absolute Gasteiger partial charge is 0.0801 e. The van der Waals surface area contributed by atoms with Crippen molar-refractivity contribution in [3.63, 3.8) is 0 Å². The molecule has 4 rings (SSSR count). The van der Waals surface area contributed by atoms with Crippen LogP contribution in [0.1, 0.15) is 58.1 Å². The van der Waals surface area contributed by atoms with Crippen molar-refractivity contribution in [2.45, 2.75) is 60.3 Å². The molecule has 1 aromatic rings. The van der Waals surface area contributed by atoms with Gasteiger partial charge in [-0.1, -0.05) is 75.3 Å². The van der Waals surface area contributed by atoms with Gasteiger partial charge in [0.2, 0.25) is 0 Å². The van der Waals surface area contributed by atoms with Crippen molar-refractivity contribution in [3.05, 3.63) is 80.3 Å². The van der Waals surface area contributed by atoms with Gasteiger partial charge in [-0.25, -0.2) is 0 Å². The monoisotopic (exact) mass is 342 g/mol. The molecule has 134 valence electrons. The molecule has 26 heavy (non-hydrogen) atoms. The fourth-order valence-corrected chi connectivity index (χ4v) is 5.18. The van der Waals surface area contributed by atoms with Gasteiger partial charge < -0.3 is 0 Å². The predicted octanol–water partition coefficient (Wildman–Crippen LogP) is 5.45. The summed E-state index contributed by atoms with van der Waals surface area (Å²) < 4.78 is 0. The number of hydrogen-bond acceptors (Lipinski definition) is 0.